The van der Waals surface area contributed by atoms with Gasteiger partial charge >= 0.3 is 0 Å². The van der Waals surface area contributed by atoms with E-state index in [1.807, 2.05) is 4.90 Å². The quantitative estimate of drug-likeness (QED) is 0.847. The molecule has 2 aliphatic rings. The maximum absolute atomic E-state index is 12.4. The SMILES string of the molecule is Nc1nccnc1[C@H]1CN(C(=O)CN2CCCC2)CCO1. The molecule has 0 bridgehead atoms. The summed E-state index contributed by atoms with van der Waals surface area (Å²) in [5.74, 6) is 0.531. The Hall–Kier alpha value is -1.73. The van der Waals surface area contributed by atoms with Gasteiger partial charge in [0.1, 0.15) is 17.6 Å². The minimum Gasteiger partial charge on any atom is -0.382 e. The molecule has 0 unspecified atom stereocenters. The molecule has 3 heterocycles. The minimum atomic E-state index is -0.282. The van der Waals surface area contributed by atoms with Crippen LogP contribution < -0.4 is 5.73 Å². The Morgan fingerprint density at radius 1 is 1.29 bits per heavy atom. The molecule has 3 rings (SSSR count). The largest absolute Gasteiger partial charge is 0.382 e. The van der Waals surface area contributed by atoms with Crippen LogP contribution in [0.2, 0.25) is 0 Å². The van der Waals surface area contributed by atoms with E-state index in [0.717, 1.165) is 13.1 Å². The maximum Gasteiger partial charge on any atom is 0.236 e. The number of rotatable bonds is 3. The van der Waals surface area contributed by atoms with E-state index >= 15 is 0 Å². The number of hydrogen-bond donors (Lipinski definition) is 1. The molecule has 2 aliphatic heterocycles. The number of likely N-dealkylation sites (tertiary alicyclic amines) is 1. The third-order valence-corrected chi connectivity index (χ3v) is 4.04. The number of carbonyl (C=O) groups is 1. The summed E-state index contributed by atoms with van der Waals surface area (Å²) in [6, 6.07) is 0. The normalized spacial score (nSPS) is 23.4. The molecular formula is C14H21N5O2. The zero-order chi connectivity index (χ0) is 14.7. The van der Waals surface area contributed by atoms with Crippen LogP contribution in [0.1, 0.15) is 24.6 Å². The van der Waals surface area contributed by atoms with Crippen LogP contribution in [0.25, 0.3) is 0 Å². The number of amides is 1. The van der Waals surface area contributed by atoms with E-state index < -0.39 is 0 Å². The van der Waals surface area contributed by atoms with E-state index in [9.17, 15) is 4.79 Å². The number of nitrogen functional groups attached to an aromatic ring is 1. The zero-order valence-electron chi connectivity index (χ0n) is 12.1. The summed E-state index contributed by atoms with van der Waals surface area (Å²) in [5, 5.41) is 0. The van der Waals surface area contributed by atoms with Crippen LogP contribution >= 0.6 is 0 Å². The standard InChI is InChI=1S/C14H21N5O2/c15-14-13(16-3-4-17-14)11-9-19(7-8-21-11)12(20)10-18-5-1-2-6-18/h3-4,11H,1-2,5-10H2,(H2,15,17)/t11-/m1/s1. The second-order valence-corrected chi connectivity index (χ2v) is 5.51. The average Bonchev–Trinajstić information content (AvgIpc) is 3.01. The second kappa shape index (κ2) is 6.36. The maximum atomic E-state index is 12.4. The van der Waals surface area contributed by atoms with Gasteiger partial charge in [0.15, 0.2) is 0 Å². The van der Waals surface area contributed by atoms with Crippen molar-refractivity contribution in [2.75, 3.05) is 45.1 Å². The first-order chi connectivity index (χ1) is 10.2. The summed E-state index contributed by atoms with van der Waals surface area (Å²) in [4.78, 5) is 24.7. The molecule has 7 nitrogen and oxygen atoms in total. The molecule has 0 saturated carbocycles. The lowest BCUT2D eigenvalue weighted by Gasteiger charge is -2.33. The molecule has 2 fully saturated rings. The number of nitrogens with zero attached hydrogens (tertiary/aromatic N) is 4. The third kappa shape index (κ3) is 3.30. The van der Waals surface area contributed by atoms with Gasteiger partial charge in [-0.15, -0.1) is 0 Å². The number of aromatic nitrogens is 2. The average molecular weight is 291 g/mol. The molecule has 7 heteroatoms. The van der Waals surface area contributed by atoms with Crippen molar-refractivity contribution in [1.82, 2.24) is 19.8 Å². The van der Waals surface area contributed by atoms with Crippen LogP contribution in [0, 0.1) is 0 Å². The summed E-state index contributed by atoms with van der Waals surface area (Å²) < 4.78 is 5.71. The monoisotopic (exact) mass is 291 g/mol. The number of anilines is 1. The Labute approximate surface area is 124 Å². The van der Waals surface area contributed by atoms with Crippen molar-refractivity contribution in [3.05, 3.63) is 18.1 Å². The minimum absolute atomic E-state index is 0.160. The number of nitrogens with two attached hydrogens (primary N) is 1. The van der Waals surface area contributed by atoms with E-state index in [0.29, 0.717) is 37.8 Å². The highest BCUT2D eigenvalue weighted by Crippen LogP contribution is 2.23. The fourth-order valence-corrected chi connectivity index (χ4v) is 2.88. The van der Waals surface area contributed by atoms with Crippen LogP contribution in [-0.4, -0.2) is 65.0 Å². The topological polar surface area (TPSA) is 84.6 Å². The van der Waals surface area contributed by atoms with Crippen molar-refractivity contribution < 1.29 is 9.53 Å². The molecule has 2 N–H and O–H groups in total. The molecule has 1 amide bonds. The number of morpholine rings is 1. The van der Waals surface area contributed by atoms with Gasteiger partial charge in [0.2, 0.25) is 5.91 Å². The van der Waals surface area contributed by atoms with Gasteiger partial charge in [0.05, 0.1) is 19.7 Å². The van der Waals surface area contributed by atoms with Gasteiger partial charge < -0.3 is 15.4 Å². The summed E-state index contributed by atoms with van der Waals surface area (Å²) in [6.45, 7) is 4.18. The smallest absolute Gasteiger partial charge is 0.236 e. The van der Waals surface area contributed by atoms with Gasteiger partial charge in [-0.05, 0) is 25.9 Å². The van der Waals surface area contributed by atoms with Crippen molar-refractivity contribution in [3.8, 4) is 0 Å². The second-order valence-electron chi connectivity index (χ2n) is 5.51. The fourth-order valence-electron chi connectivity index (χ4n) is 2.88. The van der Waals surface area contributed by atoms with Gasteiger partial charge in [0, 0.05) is 18.9 Å². The van der Waals surface area contributed by atoms with E-state index in [4.69, 9.17) is 10.5 Å². The van der Waals surface area contributed by atoms with Crippen LogP contribution in [-0.2, 0) is 9.53 Å². The molecule has 2 saturated heterocycles. The lowest BCUT2D eigenvalue weighted by atomic mass is 10.2. The van der Waals surface area contributed by atoms with Gasteiger partial charge in [-0.1, -0.05) is 0 Å². The molecule has 0 aromatic carbocycles. The lowest BCUT2D eigenvalue weighted by molar-refractivity contribution is -0.140. The van der Waals surface area contributed by atoms with Crippen LogP contribution in [0.5, 0.6) is 0 Å². The molecule has 0 spiro atoms. The third-order valence-electron chi connectivity index (χ3n) is 4.04. The van der Waals surface area contributed by atoms with Crippen molar-refractivity contribution in [1.29, 1.82) is 0 Å². The van der Waals surface area contributed by atoms with Gasteiger partial charge in [-0.25, -0.2) is 4.98 Å². The van der Waals surface area contributed by atoms with E-state index in [1.165, 1.54) is 12.8 Å². The summed E-state index contributed by atoms with van der Waals surface area (Å²) in [6.07, 6.45) is 5.25. The molecule has 1 atom stereocenters. The lowest BCUT2D eigenvalue weighted by Crippen LogP contribution is -2.46. The predicted octanol–water partition coefficient (Wildman–Crippen LogP) is 0.0545. The predicted molar refractivity (Wildman–Crippen MR) is 77.4 cm³/mol. The first kappa shape index (κ1) is 14.2. The number of carbonyl (C=O) groups excluding carboxylic acids is 1. The Morgan fingerprint density at radius 3 is 2.81 bits per heavy atom. The Morgan fingerprint density at radius 2 is 2.05 bits per heavy atom. The first-order valence-electron chi connectivity index (χ1n) is 7.42. The molecule has 114 valence electrons. The molecule has 0 aliphatic carbocycles. The Balaban J connectivity index is 1.62. The van der Waals surface area contributed by atoms with Crippen molar-refractivity contribution in [2.24, 2.45) is 0 Å². The van der Waals surface area contributed by atoms with Crippen molar-refractivity contribution in [3.63, 3.8) is 0 Å². The molecule has 1 aromatic heterocycles. The number of ether oxygens (including phenoxy) is 1. The van der Waals surface area contributed by atoms with E-state index in [1.54, 1.807) is 12.4 Å². The highest BCUT2D eigenvalue weighted by molar-refractivity contribution is 5.78. The van der Waals surface area contributed by atoms with Crippen LogP contribution in [0.15, 0.2) is 12.4 Å². The Kier molecular flexibility index (Phi) is 4.31. The molecule has 21 heavy (non-hydrogen) atoms. The first-order valence-corrected chi connectivity index (χ1v) is 7.42. The summed E-state index contributed by atoms with van der Waals surface area (Å²) in [5.41, 5.74) is 6.46. The number of hydrogen-bond acceptors (Lipinski definition) is 6. The highest BCUT2D eigenvalue weighted by atomic mass is 16.5. The summed E-state index contributed by atoms with van der Waals surface area (Å²) >= 11 is 0. The van der Waals surface area contributed by atoms with Crippen LogP contribution in [0.4, 0.5) is 5.82 Å². The zero-order valence-corrected chi connectivity index (χ0v) is 12.1. The fraction of sp³-hybridized carbons (Fsp3) is 0.643. The Bertz CT molecular complexity index is 504. The molecule has 0 radical (unpaired) electrons. The summed E-state index contributed by atoms with van der Waals surface area (Å²) in [7, 11) is 0. The molecular weight excluding hydrogens is 270 g/mol. The molecule has 1 aromatic rings. The van der Waals surface area contributed by atoms with Gasteiger partial charge in [0.25, 0.3) is 0 Å². The van der Waals surface area contributed by atoms with E-state index in [2.05, 4.69) is 14.9 Å². The van der Waals surface area contributed by atoms with Crippen molar-refractivity contribution >= 4 is 11.7 Å². The van der Waals surface area contributed by atoms with Gasteiger partial charge in [-0.3, -0.25) is 14.7 Å². The van der Waals surface area contributed by atoms with Crippen LogP contribution in [0.3, 0.4) is 0 Å². The highest BCUT2D eigenvalue weighted by Gasteiger charge is 2.29. The van der Waals surface area contributed by atoms with Gasteiger partial charge in [-0.2, -0.15) is 0 Å². The van der Waals surface area contributed by atoms with E-state index in [-0.39, 0.29) is 12.0 Å². The van der Waals surface area contributed by atoms with Crippen molar-refractivity contribution in [2.45, 2.75) is 18.9 Å².